The summed E-state index contributed by atoms with van der Waals surface area (Å²) in [5, 5.41) is 9.90. The van der Waals surface area contributed by atoms with Crippen LogP contribution in [0, 0.1) is 17.8 Å². The van der Waals surface area contributed by atoms with Gasteiger partial charge in [-0.3, -0.25) is 0 Å². The van der Waals surface area contributed by atoms with E-state index in [9.17, 15) is 5.11 Å². The molecule has 0 heterocycles. The molecule has 0 aromatic rings. The first-order valence-electron chi connectivity index (χ1n) is 16.0. The lowest BCUT2D eigenvalue weighted by Gasteiger charge is -2.21. The minimum Gasteiger partial charge on any atom is -0.396 e. The van der Waals surface area contributed by atoms with Crippen molar-refractivity contribution in [3.8, 4) is 0 Å². The van der Waals surface area contributed by atoms with E-state index in [1.165, 1.54) is 128 Å². The molecule has 0 radical (unpaired) electrons. The van der Waals surface area contributed by atoms with E-state index in [1.54, 1.807) is 0 Å². The van der Waals surface area contributed by atoms with E-state index < -0.39 is 0 Å². The standard InChI is InChI=1S/C32H66O3/c1-5-9-13-17-21-30(22-18-14-10-6-2)26-34-28-32(25-33)29-35-27-31(23-19-15-11-7-3)24-20-16-12-8-4/h30-33H,5-29H2,1-4H3. The summed E-state index contributed by atoms with van der Waals surface area (Å²) >= 11 is 0. The lowest BCUT2D eigenvalue weighted by molar-refractivity contribution is -0.00531. The molecule has 0 amide bonds. The second-order valence-electron chi connectivity index (χ2n) is 11.3. The maximum absolute atomic E-state index is 9.90. The Morgan fingerprint density at radius 1 is 0.400 bits per heavy atom. The van der Waals surface area contributed by atoms with E-state index in [0.717, 1.165) is 13.2 Å². The third-order valence-electron chi connectivity index (χ3n) is 7.54. The Kier molecular flexibility index (Phi) is 28.4. The summed E-state index contributed by atoms with van der Waals surface area (Å²) in [5.74, 6) is 1.47. The van der Waals surface area contributed by atoms with Gasteiger partial charge in [0, 0.05) is 19.1 Å². The molecule has 0 aliphatic rings. The molecule has 0 aromatic heterocycles. The minimum absolute atomic E-state index is 0.108. The highest BCUT2D eigenvalue weighted by Crippen LogP contribution is 2.21. The van der Waals surface area contributed by atoms with Gasteiger partial charge in [-0.25, -0.2) is 0 Å². The molecule has 35 heavy (non-hydrogen) atoms. The fourth-order valence-electron chi connectivity index (χ4n) is 5.02. The Labute approximate surface area is 221 Å². The van der Waals surface area contributed by atoms with E-state index >= 15 is 0 Å². The summed E-state index contributed by atoms with van der Waals surface area (Å²) in [4.78, 5) is 0. The predicted octanol–water partition coefficient (Wildman–Crippen LogP) is 9.74. The highest BCUT2D eigenvalue weighted by Gasteiger charge is 2.15. The molecular weight excluding hydrogens is 432 g/mol. The predicted molar refractivity (Wildman–Crippen MR) is 154 cm³/mol. The fourth-order valence-corrected chi connectivity index (χ4v) is 5.02. The maximum atomic E-state index is 9.90. The zero-order chi connectivity index (χ0) is 25.8. The molecule has 0 spiro atoms. The van der Waals surface area contributed by atoms with Crippen molar-refractivity contribution in [3.05, 3.63) is 0 Å². The average Bonchev–Trinajstić information content (AvgIpc) is 2.87. The van der Waals surface area contributed by atoms with Gasteiger partial charge in [0.15, 0.2) is 0 Å². The number of ether oxygens (including phenoxy) is 2. The molecule has 3 heteroatoms. The van der Waals surface area contributed by atoms with Gasteiger partial charge in [0.1, 0.15) is 0 Å². The summed E-state index contributed by atoms with van der Waals surface area (Å²) in [6.07, 6.45) is 26.5. The van der Waals surface area contributed by atoms with Crippen LogP contribution in [0.25, 0.3) is 0 Å². The lowest BCUT2D eigenvalue weighted by atomic mass is 9.95. The van der Waals surface area contributed by atoms with Crippen LogP contribution in [0.4, 0.5) is 0 Å². The number of hydrogen-bond donors (Lipinski definition) is 1. The first-order valence-corrected chi connectivity index (χ1v) is 16.0. The van der Waals surface area contributed by atoms with Gasteiger partial charge in [0.05, 0.1) is 19.8 Å². The van der Waals surface area contributed by atoms with E-state index in [-0.39, 0.29) is 12.5 Å². The van der Waals surface area contributed by atoms with Crippen LogP contribution in [0.5, 0.6) is 0 Å². The van der Waals surface area contributed by atoms with Gasteiger partial charge < -0.3 is 14.6 Å². The highest BCUT2D eigenvalue weighted by molar-refractivity contribution is 4.64. The van der Waals surface area contributed by atoms with Crippen molar-refractivity contribution in [1.82, 2.24) is 0 Å². The maximum Gasteiger partial charge on any atom is 0.0538 e. The van der Waals surface area contributed by atoms with Crippen LogP contribution in [0.15, 0.2) is 0 Å². The monoisotopic (exact) mass is 499 g/mol. The summed E-state index contributed by atoms with van der Waals surface area (Å²) in [7, 11) is 0. The molecule has 212 valence electrons. The number of aliphatic hydroxyl groups excluding tert-OH is 1. The van der Waals surface area contributed by atoms with Crippen LogP contribution in [0.2, 0.25) is 0 Å². The van der Waals surface area contributed by atoms with Gasteiger partial charge in [-0.1, -0.05) is 130 Å². The Bertz CT molecular complexity index is 329. The van der Waals surface area contributed by atoms with Crippen LogP contribution in [-0.2, 0) is 9.47 Å². The highest BCUT2D eigenvalue weighted by atomic mass is 16.5. The van der Waals surface area contributed by atoms with E-state index in [1.807, 2.05) is 0 Å². The molecule has 0 aliphatic heterocycles. The smallest absolute Gasteiger partial charge is 0.0538 e. The van der Waals surface area contributed by atoms with Gasteiger partial charge in [0.25, 0.3) is 0 Å². The molecule has 0 fully saturated rings. The van der Waals surface area contributed by atoms with Gasteiger partial charge in [-0.2, -0.15) is 0 Å². The Morgan fingerprint density at radius 3 is 0.943 bits per heavy atom. The van der Waals surface area contributed by atoms with Gasteiger partial charge in [0.2, 0.25) is 0 Å². The summed E-state index contributed by atoms with van der Waals surface area (Å²) in [6, 6.07) is 0. The zero-order valence-corrected chi connectivity index (χ0v) is 24.7. The first-order chi connectivity index (χ1) is 17.2. The Hall–Kier alpha value is -0.120. The van der Waals surface area contributed by atoms with Crippen molar-refractivity contribution in [2.24, 2.45) is 17.8 Å². The largest absolute Gasteiger partial charge is 0.396 e. The van der Waals surface area contributed by atoms with Crippen LogP contribution >= 0.6 is 0 Å². The van der Waals surface area contributed by atoms with E-state index in [2.05, 4.69) is 27.7 Å². The summed E-state index contributed by atoms with van der Waals surface area (Å²) < 4.78 is 12.3. The second-order valence-corrected chi connectivity index (χ2v) is 11.3. The molecule has 0 atom stereocenters. The van der Waals surface area contributed by atoms with E-state index in [4.69, 9.17) is 9.47 Å². The molecule has 0 saturated heterocycles. The van der Waals surface area contributed by atoms with Gasteiger partial charge in [-0.05, 0) is 37.5 Å². The van der Waals surface area contributed by atoms with Crippen LogP contribution in [0.1, 0.15) is 156 Å². The third kappa shape index (κ3) is 24.0. The van der Waals surface area contributed by atoms with Gasteiger partial charge >= 0.3 is 0 Å². The second kappa shape index (κ2) is 28.5. The van der Waals surface area contributed by atoms with Crippen LogP contribution in [-0.4, -0.2) is 38.1 Å². The summed E-state index contributed by atoms with van der Waals surface area (Å²) in [6.45, 7) is 12.3. The fraction of sp³-hybridized carbons (Fsp3) is 1.00. The average molecular weight is 499 g/mol. The topological polar surface area (TPSA) is 38.7 Å². The Balaban J connectivity index is 4.32. The zero-order valence-electron chi connectivity index (χ0n) is 24.7. The SMILES string of the molecule is CCCCCCC(CCCCCC)COCC(CO)COCC(CCCCCC)CCCCCC. The van der Waals surface area contributed by atoms with Crippen LogP contribution in [0.3, 0.4) is 0 Å². The first kappa shape index (κ1) is 34.9. The van der Waals surface area contributed by atoms with Gasteiger partial charge in [-0.15, -0.1) is 0 Å². The van der Waals surface area contributed by atoms with Crippen molar-refractivity contribution >= 4 is 0 Å². The van der Waals surface area contributed by atoms with Crippen molar-refractivity contribution < 1.29 is 14.6 Å². The minimum atomic E-state index is 0.108. The number of hydrogen-bond acceptors (Lipinski definition) is 3. The van der Waals surface area contributed by atoms with E-state index in [0.29, 0.717) is 25.0 Å². The molecule has 0 saturated carbocycles. The number of aliphatic hydroxyl groups is 1. The lowest BCUT2D eigenvalue weighted by Crippen LogP contribution is -2.24. The van der Waals surface area contributed by atoms with Crippen LogP contribution < -0.4 is 0 Å². The molecule has 0 bridgehead atoms. The molecule has 1 N–H and O–H groups in total. The number of rotatable bonds is 29. The Morgan fingerprint density at radius 2 is 0.686 bits per heavy atom. The third-order valence-corrected chi connectivity index (χ3v) is 7.54. The quantitative estimate of drug-likeness (QED) is 0.104. The number of unbranched alkanes of at least 4 members (excludes halogenated alkanes) is 12. The molecule has 0 aromatic carbocycles. The molecule has 0 unspecified atom stereocenters. The van der Waals surface area contributed by atoms with Crippen molar-refractivity contribution in [3.63, 3.8) is 0 Å². The molecule has 0 rings (SSSR count). The van der Waals surface area contributed by atoms with Crippen molar-refractivity contribution in [2.45, 2.75) is 156 Å². The molecular formula is C32H66O3. The van der Waals surface area contributed by atoms with Crippen molar-refractivity contribution in [2.75, 3.05) is 33.0 Å². The summed E-state index contributed by atoms with van der Waals surface area (Å²) in [5.41, 5.74) is 0. The molecule has 0 aliphatic carbocycles. The molecule has 3 nitrogen and oxygen atoms in total. The van der Waals surface area contributed by atoms with Crippen molar-refractivity contribution in [1.29, 1.82) is 0 Å². The normalized spacial score (nSPS) is 12.0.